The van der Waals surface area contributed by atoms with Crippen LogP contribution in [0.25, 0.3) is 4.96 Å². The van der Waals surface area contributed by atoms with Gasteiger partial charge in [-0.05, 0) is 50.6 Å². The van der Waals surface area contributed by atoms with Gasteiger partial charge >= 0.3 is 0 Å². The Bertz CT molecular complexity index is 984. The number of fused-ring (bicyclic) bond motifs is 1. The van der Waals surface area contributed by atoms with E-state index in [1.807, 2.05) is 19.1 Å². The highest BCUT2D eigenvalue weighted by atomic mass is 32.1. The highest BCUT2D eigenvalue weighted by molar-refractivity contribution is 7.17. The Balaban J connectivity index is 1.88. The van der Waals surface area contributed by atoms with E-state index < -0.39 is 0 Å². The highest BCUT2D eigenvalue weighted by Crippen LogP contribution is 2.46. The van der Waals surface area contributed by atoms with Gasteiger partial charge in [0.1, 0.15) is 5.82 Å². The lowest BCUT2D eigenvalue weighted by atomic mass is 9.99. The Labute approximate surface area is 173 Å². The predicted octanol–water partition coefficient (Wildman–Crippen LogP) is 3.41. The second-order valence-corrected chi connectivity index (χ2v) is 8.11. The fourth-order valence-corrected chi connectivity index (χ4v) is 5.15. The van der Waals surface area contributed by atoms with Crippen molar-refractivity contribution in [3.05, 3.63) is 28.4 Å². The lowest BCUT2D eigenvalue weighted by Gasteiger charge is -2.34. The second kappa shape index (κ2) is 8.08. The molecule has 0 radical (unpaired) electrons. The van der Waals surface area contributed by atoms with E-state index in [0.29, 0.717) is 28.0 Å². The first-order chi connectivity index (χ1) is 14.1. The molecule has 1 aliphatic rings. The Hall–Kier alpha value is -2.52. The SMILES string of the molecule is COc1cc([C@H](c2sc3nc(C)nn3c2O)N2CCCCC2)cc(OC)c1OC. The van der Waals surface area contributed by atoms with Crippen LogP contribution in [-0.4, -0.2) is 59.0 Å². The van der Waals surface area contributed by atoms with E-state index in [0.717, 1.165) is 36.4 Å². The smallest absolute Gasteiger partial charge is 0.230 e. The maximum atomic E-state index is 11.0. The van der Waals surface area contributed by atoms with Crippen LogP contribution in [0.1, 0.15) is 41.6 Å². The van der Waals surface area contributed by atoms with Crippen molar-refractivity contribution in [2.75, 3.05) is 34.4 Å². The van der Waals surface area contributed by atoms with Gasteiger partial charge in [0.15, 0.2) is 11.5 Å². The summed E-state index contributed by atoms with van der Waals surface area (Å²) in [5, 5.41) is 15.3. The van der Waals surface area contributed by atoms with Gasteiger partial charge in [-0.15, -0.1) is 5.10 Å². The molecule has 8 nitrogen and oxygen atoms in total. The van der Waals surface area contributed by atoms with E-state index in [1.165, 1.54) is 22.3 Å². The molecule has 4 rings (SSSR count). The van der Waals surface area contributed by atoms with E-state index >= 15 is 0 Å². The normalized spacial score (nSPS) is 16.1. The Morgan fingerprint density at radius 3 is 2.24 bits per heavy atom. The maximum Gasteiger partial charge on any atom is 0.230 e. The number of aryl methyl sites for hydroxylation is 1. The van der Waals surface area contributed by atoms with Crippen molar-refractivity contribution in [2.45, 2.75) is 32.2 Å². The van der Waals surface area contributed by atoms with Crippen molar-refractivity contribution in [3.8, 4) is 23.1 Å². The summed E-state index contributed by atoms with van der Waals surface area (Å²) < 4.78 is 18.1. The second-order valence-electron chi connectivity index (χ2n) is 7.10. The molecule has 3 heterocycles. The molecule has 0 amide bonds. The molecule has 156 valence electrons. The van der Waals surface area contributed by atoms with E-state index in [1.54, 1.807) is 21.3 Å². The number of rotatable bonds is 6. The van der Waals surface area contributed by atoms with Gasteiger partial charge in [0.05, 0.1) is 32.2 Å². The molecule has 0 unspecified atom stereocenters. The van der Waals surface area contributed by atoms with Crippen LogP contribution >= 0.6 is 11.3 Å². The number of methoxy groups -OCH3 is 3. The zero-order valence-corrected chi connectivity index (χ0v) is 18.0. The summed E-state index contributed by atoms with van der Waals surface area (Å²) in [6.07, 6.45) is 3.47. The minimum Gasteiger partial charge on any atom is -0.493 e. The van der Waals surface area contributed by atoms with Crippen LogP contribution in [-0.2, 0) is 0 Å². The third-order valence-corrected chi connectivity index (χ3v) is 6.39. The van der Waals surface area contributed by atoms with Crippen LogP contribution in [0.4, 0.5) is 0 Å². The molecule has 9 heteroatoms. The number of likely N-dealkylation sites (tertiary alicyclic amines) is 1. The average Bonchev–Trinajstić information content (AvgIpc) is 3.25. The van der Waals surface area contributed by atoms with Crippen LogP contribution in [0.2, 0.25) is 0 Å². The molecule has 1 N–H and O–H groups in total. The summed E-state index contributed by atoms with van der Waals surface area (Å²) in [6.45, 7) is 3.72. The zero-order chi connectivity index (χ0) is 20.5. The lowest BCUT2D eigenvalue weighted by Crippen LogP contribution is -2.34. The van der Waals surface area contributed by atoms with Crippen LogP contribution in [0.15, 0.2) is 12.1 Å². The van der Waals surface area contributed by atoms with Gasteiger partial charge in [-0.1, -0.05) is 17.8 Å². The fraction of sp³-hybridized carbons (Fsp3) is 0.500. The number of thiazole rings is 1. The number of aromatic hydroxyl groups is 1. The van der Waals surface area contributed by atoms with Crippen molar-refractivity contribution in [1.29, 1.82) is 0 Å². The van der Waals surface area contributed by atoms with E-state index in [2.05, 4.69) is 15.0 Å². The van der Waals surface area contributed by atoms with Crippen LogP contribution in [0.5, 0.6) is 23.1 Å². The summed E-state index contributed by atoms with van der Waals surface area (Å²) in [4.78, 5) is 8.32. The van der Waals surface area contributed by atoms with Gasteiger partial charge in [-0.2, -0.15) is 4.52 Å². The van der Waals surface area contributed by atoms with Crippen LogP contribution < -0.4 is 14.2 Å². The number of hydrogen-bond acceptors (Lipinski definition) is 8. The van der Waals surface area contributed by atoms with Gasteiger partial charge in [0, 0.05) is 0 Å². The van der Waals surface area contributed by atoms with E-state index in [-0.39, 0.29) is 11.9 Å². The molecule has 3 aromatic rings. The molecule has 1 atom stereocenters. The zero-order valence-electron chi connectivity index (χ0n) is 17.1. The van der Waals surface area contributed by atoms with Crippen molar-refractivity contribution in [1.82, 2.24) is 19.5 Å². The van der Waals surface area contributed by atoms with Crippen molar-refractivity contribution < 1.29 is 19.3 Å². The summed E-state index contributed by atoms with van der Waals surface area (Å²) >= 11 is 1.46. The molecule has 1 saturated heterocycles. The van der Waals surface area contributed by atoms with Crippen molar-refractivity contribution in [2.24, 2.45) is 0 Å². The van der Waals surface area contributed by atoms with E-state index in [4.69, 9.17) is 14.2 Å². The van der Waals surface area contributed by atoms with Gasteiger partial charge in [-0.25, -0.2) is 4.98 Å². The van der Waals surface area contributed by atoms with Crippen molar-refractivity contribution in [3.63, 3.8) is 0 Å². The molecule has 1 aliphatic heterocycles. The first kappa shape index (κ1) is 19.8. The molecular weight excluding hydrogens is 392 g/mol. The van der Waals surface area contributed by atoms with Crippen LogP contribution in [0.3, 0.4) is 0 Å². The third kappa shape index (κ3) is 3.49. The molecule has 0 bridgehead atoms. The summed E-state index contributed by atoms with van der Waals surface area (Å²) in [5.41, 5.74) is 0.970. The third-order valence-electron chi connectivity index (χ3n) is 5.31. The van der Waals surface area contributed by atoms with Gasteiger partial charge in [0.2, 0.25) is 16.6 Å². The summed E-state index contributed by atoms with van der Waals surface area (Å²) in [6, 6.07) is 3.76. The molecule has 1 fully saturated rings. The monoisotopic (exact) mass is 418 g/mol. The number of ether oxygens (including phenoxy) is 3. The van der Waals surface area contributed by atoms with Gasteiger partial charge < -0.3 is 19.3 Å². The predicted molar refractivity (Wildman–Crippen MR) is 111 cm³/mol. The molecular formula is C20H26N4O4S. The fourth-order valence-electron chi connectivity index (χ4n) is 3.99. The standard InChI is InChI=1S/C20H26N4O4S/c1-12-21-20-24(22-12)19(25)18(29-20)16(23-8-6-5-7-9-23)13-10-14(26-2)17(28-4)15(11-13)27-3/h10-11,16,25H,5-9H2,1-4H3/t16-/m1/s1. The number of aromatic nitrogens is 3. The number of nitrogens with zero attached hydrogens (tertiary/aromatic N) is 4. The van der Waals surface area contributed by atoms with Crippen molar-refractivity contribution >= 4 is 16.3 Å². The summed E-state index contributed by atoms with van der Waals surface area (Å²) in [5.74, 6) is 2.52. The molecule has 2 aromatic heterocycles. The Morgan fingerprint density at radius 2 is 1.69 bits per heavy atom. The average molecular weight is 419 g/mol. The van der Waals surface area contributed by atoms with Crippen LogP contribution in [0, 0.1) is 6.92 Å². The quantitative estimate of drug-likeness (QED) is 0.657. The minimum absolute atomic E-state index is 0.134. The highest BCUT2D eigenvalue weighted by Gasteiger charge is 2.32. The molecule has 1 aromatic carbocycles. The number of hydrogen-bond donors (Lipinski definition) is 1. The largest absolute Gasteiger partial charge is 0.493 e. The first-order valence-corrected chi connectivity index (χ1v) is 10.5. The summed E-state index contributed by atoms with van der Waals surface area (Å²) in [7, 11) is 4.82. The van der Waals surface area contributed by atoms with E-state index in [9.17, 15) is 5.11 Å². The van der Waals surface area contributed by atoms with Gasteiger partial charge in [0.25, 0.3) is 0 Å². The Kier molecular flexibility index (Phi) is 5.51. The molecule has 0 saturated carbocycles. The lowest BCUT2D eigenvalue weighted by molar-refractivity contribution is 0.186. The minimum atomic E-state index is -0.155. The maximum absolute atomic E-state index is 11.0. The molecule has 29 heavy (non-hydrogen) atoms. The Morgan fingerprint density at radius 1 is 1.03 bits per heavy atom. The number of benzene rings is 1. The molecule has 0 aliphatic carbocycles. The van der Waals surface area contributed by atoms with Gasteiger partial charge in [-0.3, -0.25) is 4.90 Å². The number of piperidine rings is 1. The first-order valence-electron chi connectivity index (χ1n) is 9.66. The molecule has 0 spiro atoms. The topological polar surface area (TPSA) is 81.4 Å².